The highest BCUT2D eigenvalue weighted by Gasteiger charge is 2.65. The van der Waals surface area contributed by atoms with Crippen molar-refractivity contribution in [3.05, 3.63) is 59.2 Å². The molecule has 1 saturated heterocycles. The number of esters is 3. The van der Waals surface area contributed by atoms with Gasteiger partial charge in [-0.05, 0) is 63.2 Å². The molecule has 14 nitrogen and oxygen atoms in total. The number of nitrogens with one attached hydrogen (secondary N) is 1. The summed E-state index contributed by atoms with van der Waals surface area (Å²) in [6.07, 6.45) is -2.94. The molecule has 2 aliphatic carbocycles. The number of carbonyl (C=O) groups is 5. The minimum Gasteiger partial charge on any atom is -0.460 e. The molecule has 1 unspecified atom stereocenters. The number of cyclic esters (lactones) is 1. The maximum absolute atomic E-state index is 14.6. The SMILES string of the molecule is CC(=O)O[C@@]12CO[C@@H]1C[C@H](O)[C@@](C)(C(=O)[C@H](O)C1=C(C)C3C[C@@](O)([C@H](C)OC(=O)CCC/C=C\CCCC(=O)N[C@@H](c4ccccc4)[C@@H](O)C(=O)O3)C1(C)C)C2. The van der Waals surface area contributed by atoms with Crippen LogP contribution in [0.3, 0.4) is 0 Å². The second kappa shape index (κ2) is 16.9. The predicted octanol–water partition coefficient (Wildman–Crippen LogP) is 3.23. The minimum atomic E-state index is -2.07. The summed E-state index contributed by atoms with van der Waals surface area (Å²) in [6.45, 7) is 8.90. The van der Waals surface area contributed by atoms with Gasteiger partial charge in [-0.25, -0.2) is 4.79 Å². The first-order chi connectivity index (χ1) is 26.3. The molecule has 2 bridgehead atoms. The van der Waals surface area contributed by atoms with Crippen LogP contribution in [0.4, 0.5) is 0 Å². The van der Waals surface area contributed by atoms with Crippen molar-refractivity contribution in [3.63, 3.8) is 0 Å². The molecule has 14 heteroatoms. The second-order valence-corrected chi connectivity index (χ2v) is 16.6. The van der Waals surface area contributed by atoms with E-state index in [4.69, 9.17) is 18.9 Å². The van der Waals surface area contributed by atoms with Crippen LogP contribution in [0.2, 0.25) is 0 Å². The summed E-state index contributed by atoms with van der Waals surface area (Å²) < 4.78 is 23.0. The summed E-state index contributed by atoms with van der Waals surface area (Å²) in [4.78, 5) is 66.9. The molecule has 1 saturated carbocycles. The van der Waals surface area contributed by atoms with Crippen molar-refractivity contribution in [3.8, 4) is 0 Å². The van der Waals surface area contributed by atoms with E-state index < -0.39 is 94.3 Å². The quantitative estimate of drug-likeness (QED) is 0.165. The van der Waals surface area contributed by atoms with Crippen LogP contribution in [-0.4, -0.2) is 104 Å². The van der Waals surface area contributed by atoms with Crippen molar-refractivity contribution in [1.29, 1.82) is 0 Å². The zero-order valence-corrected chi connectivity index (χ0v) is 33.1. The van der Waals surface area contributed by atoms with E-state index in [0.29, 0.717) is 31.2 Å². The maximum Gasteiger partial charge on any atom is 0.338 e. The van der Waals surface area contributed by atoms with E-state index in [1.807, 2.05) is 12.2 Å². The molecule has 56 heavy (non-hydrogen) atoms. The van der Waals surface area contributed by atoms with Crippen LogP contribution in [0.15, 0.2) is 53.6 Å². The van der Waals surface area contributed by atoms with Crippen molar-refractivity contribution in [2.75, 3.05) is 6.61 Å². The zero-order valence-electron chi connectivity index (χ0n) is 33.1. The third kappa shape index (κ3) is 8.36. The van der Waals surface area contributed by atoms with Crippen molar-refractivity contribution in [2.24, 2.45) is 10.8 Å². The van der Waals surface area contributed by atoms with Gasteiger partial charge in [0, 0.05) is 44.4 Å². The molecule has 2 aliphatic heterocycles. The van der Waals surface area contributed by atoms with Crippen LogP contribution in [0.5, 0.6) is 0 Å². The molecule has 1 amide bonds. The first-order valence-electron chi connectivity index (χ1n) is 19.5. The highest BCUT2D eigenvalue weighted by Crippen LogP contribution is 2.55. The molecule has 2 fully saturated rings. The van der Waals surface area contributed by atoms with Gasteiger partial charge in [-0.1, -0.05) is 56.3 Å². The number of benzene rings is 1. The Kier molecular flexibility index (Phi) is 13.0. The molecule has 10 atom stereocenters. The lowest BCUT2D eigenvalue weighted by molar-refractivity contribution is -0.291. The number of aliphatic hydroxyl groups is 4. The fourth-order valence-electron chi connectivity index (χ4n) is 9.03. The largest absolute Gasteiger partial charge is 0.460 e. The van der Waals surface area contributed by atoms with Crippen LogP contribution >= 0.6 is 0 Å². The van der Waals surface area contributed by atoms with Gasteiger partial charge in [-0.2, -0.15) is 0 Å². The number of Topliss-reactive ketones (excluding diaryl/α,β-unsaturated/α-hetero) is 1. The van der Waals surface area contributed by atoms with Gasteiger partial charge >= 0.3 is 17.9 Å². The van der Waals surface area contributed by atoms with Gasteiger partial charge in [-0.15, -0.1) is 0 Å². The van der Waals surface area contributed by atoms with E-state index in [9.17, 15) is 44.4 Å². The molecule has 5 N–H and O–H groups in total. The van der Waals surface area contributed by atoms with Gasteiger partial charge in [0.25, 0.3) is 0 Å². The van der Waals surface area contributed by atoms with Crippen LogP contribution in [0.1, 0.15) is 111 Å². The number of aliphatic hydroxyl groups excluding tert-OH is 3. The molecule has 0 spiro atoms. The van der Waals surface area contributed by atoms with Crippen molar-refractivity contribution < 1.29 is 63.3 Å². The van der Waals surface area contributed by atoms with E-state index in [1.54, 1.807) is 44.2 Å². The van der Waals surface area contributed by atoms with E-state index in [2.05, 4.69) is 5.32 Å². The summed E-state index contributed by atoms with van der Waals surface area (Å²) >= 11 is 0. The lowest BCUT2D eigenvalue weighted by atomic mass is 9.55. The van der Waals surface area contributed by atoms with Crippen LogP contribution in [0, 0.1) is 10.8 Å². The Morgan fingerprint density at radius 2 is 1.62 bits per heavy atom. The zero-order chi connectivity index (χ0) is 41.2. The molecule has 5 rings (SSSR count). The molecule has 0 aromatic heterocycles. The Balaban J connectivity index is 1.56. The van der Waals surface area contributed by atoms with Gasteiger partial charge in [0.1, 0.15) is 30.0 Å². The monoisotopic (exact) mass is 783 g/mol. The highest BCUT2D eigenvalue weighted by molar-refractivity contribution is 5.92. The first-order valence-corrected chi connectivity index (χ1v) is 19.5. The van der Waals surface area contributed by atoms with Crippen molar-refractivity contribution in [1.82, 2.24) is 5.32 Å². The van der Waals surface area contributed by atoms with Gasteiger partial charge in [-0.3, -0.25) is 19.2 Å². The Labute approximate surface area is 327 Å². The topological polar surface area (TPSA) is 215 Å². The van der Waals surface area contributed by atoms with Crippen LogP contribution in [0.25, 0.3) is 0 Å². The minimum absolute atomic E-state index is 0.000147. The number of amides is 1. The summed E-state index contributed by atoms with van der Waals surface area (Å²) in [5.41, 5.74) is -5.85. The van der Waals surface area contributed by atoms with Crippen molar-refractivity contribution in [2.45, 2.75) is 153 Å². The van der Waals surface area contributed by atoms with Crippen molar-refractivity contribution >= 4 is 29.6 Å². The third-order valence-corrected chi connectivity index (χ3v) is 12.5. The van der Waals surface area contributed by atoms with Gasteiger partial charge in [0.05, 0.1) is 24.2 Å². The number of hydrogen-bond acceptors (Lipinski definition) is 13. The average Bonchev–Trinajstić information content (AvgIpc) is 3.13. The first kappa shape index (κ1) is 43.2. The number of ketones is 1. The highest BCUT2D eigenvalue weighted by atomic mass is 16.6. The molecule has 0 radical (unpaired) electrons. The Morgan fingerprint density at radius 3 is 2.23 bits per heavy atom. The third-order valence-electron chi connectivity index (χ3n) is 12.5. The van der Waals surface area contributed by atoms with Gasteiger partial charge in [0.15, 0.2) is 17.5 Å². The van der Waals surface area contributed by atoms with Crippen LogP contribution < -0.4 is 5.32 Å². The van der Waals surface area contributed by atoms with E-state index in [-0.39, 0.29) is 49.9 Å². The number of rotatable bonds is 5. The number of hydrogen-bond donors (Lipinski definition) is 5. The second-order valence-electron chi connectivity index (χ2n) is 16.6. The molecule has 2 heterocycles. The number of ether oxygens (including phenoxy) is 4. The molecule has 1 aromatic rings. The fourth-order valence-corrected chi connectivity index (χ4v) is 9.03. The van der Waals surface area contributed by atoms with E-state index in [0.717, 1.165) is 0 Å². The van der Waals surface area contributed by atoms with Gasteiger partial charge < -0.3 is 44.7 Å². The molecular formula is C42H57NO13. The fraction of sp³-hybridized carbons (Fsp3) is 0.643. The summed E-state index contributed by atoms with van der Waals surface area (Å²) in [7, 11) is 0. The normalized spacial score (nSPS) is 37.0. The summed E-state index contributed by atoms with van der Waals surface area (Å²) in [6, 6.07) is 7.23. The average molecular weight is 784 g/mol. The standard InChI is InChI=1S/C42H57NO13/c1-24-28-21-42(52,39(4,5)33(24)35(48)37(50)40(6)22-41(56-26(3)44)23-53-30(41)20-29(40)45)25(2)54-32(47)19-15-10-8-7-9-14-18-31(46)43-34(36(49)38(51)55-28)27-16-12-11-13-17-27/h7-8,11-13,16-17,25,28-30,34-36,45,48-49,52H,9-10,14-15,18-23H2,1-6H3,(H,43,46)/b8-7-/t25-,28?,29-,30+,34-,35+,36+,40-,41-,42+/m0/s1. The summed E-state index contributed by atoms with van der Waals surface area (Å²) in [5.74, 6) is -3.56. The Morgan fingerprint density at radius 1 is 0.982 bits per heavy atom. The van der Waals surface area contributed by atoms with Crippen LogP contribution in [-0.2, 0) is 42.9 Å². The van der Waals surface area contributed by atoms with Gasteiger partial charge in [0.2, 0.25) is 5.91 Å². The molecular weight excluding hydrogens is 726 g/mol. The Hall–Kier alpha value is -3.95. The van der Waals surface area contributed by atoms with E-state index in [1.165, 1.54) is 27.7 Å². The number of carbonyl (C=O) groups excluding carboxylic acids is 5. The molecule has 308 valence electrons. The maximum atomic E-state index is 14.6. The number of allylic oxidation sites excluding steroid dienone is 2. The smallest absolute Gasteiger partial charge is 0.338 e. The number of fused-ring (bicyclic) bond motifs is 3. The summed E-state index contributed by atoms with van der Waals surface area (Å²) in [5, 5.41) is 50.5. The predicted molar refractivity (Wildman–Crippen MR) is 200 cm³/mol. The van der Waals surface area contributed by atoms with E-state index >= 15 is 0 Å². The Bertz CT molecular complexity index is 1720. The lowest BCUT2D eigenvalue weighted by Crippen LogP contribution is -2.70. The molecule has 1 aromatic carbocycles. The lowest BCUT2D eigenvalue weighted by Gasteiger charge is -2.57. The molecule has 4 aliphatic rings.